The van der Waals surface area contributed by atoms with Crippen LogP contribution < -0.4 is 9.46 Å². The maximum Gasteiger partial charge on any atom is 0.271 e. The highest BCUT2D eigenvalue weighted by Crippen LogP contribution is 2.31. The lowest BCUT2D eigenvalue weighted by molar-refractivity contribution is 0.412. The van der Waals surface area contributed by atoms with Gasteiger partial charge in [0.15, 0.2) is 0 Å². The minimum Gasteiger partial charge on any atom is -0.496 e. The Bertz CT molecular complexity index is 698. The van der Waals surface area contributed by atoms with Gasteiger partial charge in [-0.3, -0.25) is 4.72 Å². The van der Waals surface area contributed by atoms with Gasteiger partial charge in [0.25, 0.3) is 10.0 Å². The van der Waals surface area contributed by atoms with Crippen LogP contribution in [0.5, 0.6) is 5.75 Å². The lowest BCUT2D eigenvalue weighted by Gasteiger charge is -2.08. The maximum atomic E-state index is 12.1. The molecule has 0 radical (unpaired) electrons. The zero-order chi connectivity index (χ0) is 14.0. The van der Waals surface area contributed by atoms with Crippen molar-refractivity contribution < 1.29 is 13.2 Å². The average molecular weight is 427 g/mol. The highest BCUT2D eigenvalue weighted by molar-refractivity contribution is 9.11. The summed E-state index contributed by atoms with van der Waals surface area (Å²) < 4.78 is 33.5. The molecule has 0 saturated heterocycles. The second kappa shape index (κ2) is 5.82. The third-order valence-corrected chi connectivity index (χ3v) is 6.33. The van der Waals surface area contributed by atoms with Crippen molar-refractivity contribution in [2.45, 2.75) is 4.21 Å². The molecule has 0 fully saturated rings. The summed E-state index contributed by atoms with van der Waals surface area (Å²) in [7, 11) is -2.00. The largest absolute Gasteiger partial charge is 0.496 e. The molecule has 19 heavy (non-hydrogen) atoms. The fourth-order valence-corrected chi connectivity index (χ4v) is 4.98. The first kappa shape index (κ1) is 14.8. The second-order valence-corrected chi connectivity index (χ2v) is 8.74. The van der Waals surface area contributed by atoms with Gasteiger partial charge in [-0.15, -0.1) is 11.3 Å². The minimum atomic E-state index is -3.55. The molecule has 0 bridgehead atoms. The number of methoxy groups -OCH3 is 1. The Kier molecular flexibility index (Phi) is 4.54. The third-order valence-electron chi connectivity index (χ3n) is 2.22. The predicted molar refractivity (Wildman–Crippen MR) is 83.5 cm³/mol. The molecule has 2 aromatic rings. The van der Waals surface area contributed by atoms with Gasteiger partial charge in [-0.1, -0.05) is 0 Å². The molecule has 1 aromatic carbocycles. The van der Waals surface area contributed by atoms with Gasteiger partial charge in [-0.2, -0.15) is 0 Å². The van der Waals surface area contributed by atoms with Crippen LogP contribution in [0.3, 0.4) is 0 Å². The Hall–Kier alpha value is -0.570. The Morgan fingerprint density at radius 1 is 1.21 bits per heavy atom. The van der Waals surface area contributed by atoms with Gasteiger partial charge in [0.1, 0.15) is 9.96 Å². The van der Waals surface area contributed by atoms with E-state index in [0.717, 1.165) is 15.1 Å². The van der Waals surface area contributed by atoms with Gasteiger partial charge < -0.3 is 4.74 Å². The van der Waals surface area contributed by atoms with E-state index < -0.39 is 10.0 Å². The topological polar surface area (TPSA) is 55.4 Å². The van der Waals surface area contributed by atoms with Crippen molar-refractivity contribution >= 4 is 58.9 Å². The molecule has 0 aliphatic heterocycles. The van der Waals surface area contributed by atoms with Crippen LogP contribution in [0.2, 0.25) is 0 Å². The van der Waals surface area contributed by atoms with Crippen LogP contribution in [0.1, 0.15) is 0 Å². The fourth-order valence-electron chi connectivity index (χ4n) is 1.38. The number of rotatable bonds is 4. The summed E-state index contributed by atoms with van der Waals surface area (Å²) in [5, 5.41) is 0. The number of hydrogen-bond acceptors (Lipinski definition) is 4. The van der Waals surface area contributed by atoms with E-state index in [0.29, 0.717) is 15.9 Å². The van der Waals surface area contributed by atoms with E-state index in [1.54, 1.807) is 37.4 Å². The molecule has 0 saturated carbocycles. The van der Waals surface area contributed by atoms with Crippen molar-refractivity contribution in [2.75, 3.05) is 11.8 Å². The lowest BCUT2D eigenvalue weighted by atomic mass is 10.3. The van der Waals surface area contributed by atoms with Gasteiger partial charge >= 0.3 is 0 Å². The standard InChI is InChI=1S/C11H9Br2NO3S2/c1-17-9-3-2-7(6-8(9)12)14-19(15,16)11-5-4-10(13)18-11/h2-6,14H,1H3. The molecule has 0 atom stereocenters. The molecular formula is C11H9Br2NO3S2. The quantitative estimate of drug-likeness (QED) is 0.801. The van der Waals surface area contributed by atoms with Crippen molar-refractivity contribution in [1.82, 2.24) is 0 Å². The van der Waals surface area contributed by atoms with Crippen LogP contribution in [0.25, 0.3) is 0 Å². The van der Waals surface area contributed by atoms with Crippen molar-refractivity contribution in [3.8, 4) is 5.75 Å². The van der Waals surface area contributed by atoms with Crippen LogP contribution in [0.15, 0.2) is 42.8 Å². The van der Waals surface area contributed by atoms with Gasteiger partial charge in [0.2, 0.25) is 0 Å². The molecule has 8 heteroatoms. The number of ether oxygens (including phenoxy) is 1. The lowest BCUT2D eigenvalue weighted by Crippen LogP contribution is -2.11. The number of thiophene rings is 1. The number of anilines is 1. The first-order valence-corrected chi connectivity index (χ1v) is 8.92. The zero-order valence-corrected chi connectivity index (χ0v) is 14.5. The molecule has 4 nitrogen and oxygen atoms in total. The molecule has 0 aliphatic rings. The van der Waals surface area contributed by atoms with E-state index in [-0.39, 0.29) is 4.21 Å². The maximum absolute atomic E-state index is 12.1. The summed E-state index contributed by atoms with van der Waals surface area (Å²) >= 11 is 7.71. The SMILES string of the molecule is COc1ccc(NS(=O)(=O)c2ccc(Br)s2)cc1Br. The number of sulfonamides is 1. The van der Waals surface area contributed by atoms with Crippen LogP contribution >= 0.6 is 43.2 Å². The average Bonchev–Trinajstić information content (AvgIpc) is 2.76. The Labute approximate surface area is 132 Å². The third kappa shape index (κ3) is 3.50. The normalized spacial score (nSPS) is 11.3. The van der Waals surface area contributed by atoms with E-state index in [4.69, 9.17) is 4.74 Å². The molecular weight excluding hydrogens is 418 g/mol. The van der Waals surface area contributed by atoms with Crippen molar-refractivity contribution in [3.63, 3.8) is 0 Å². The van der Waals surface area contributed by atoms with E-state index in [2.05, 4.69) is 36.6 Å². The highest BCUT2D eigenvalue weighted by atomic mass is 79.9. The predicted octanol–water partition coefficient (Wildman–Crippen LogP) is 4.08. The highest BCUT2D eigenvalue weighted by Gasteiger charge is 2.17. The summed E-state index contributed by atoms with van der Waals surface area (Å²) in [6.07, 6.45) is 0. The molecule has 0 unspecified atom stereocenters. The Morgan fingerprint density at radius 3 is 2.47 bits per heavy atom. The van der Waals surface area contributed by atoms with Crippen molar-refractivity contribution in [3.05, 3.63) is 38.6 Å². The van der Waals surface area contributed by atoms with Crippen molar-refractivity contribution in [1.29, 1.82) is 0 Å². The molecule has 0 aliphatic carbocycles. The van der Waals surface area contributed by atoms with Crippen LogP contribution in [0.4, 0.5) is 5.69 Å². The zero-order valence-electron chi connectivity index (χ0n) is 9.68. The molecule has 0 spiro atoms. The first-order valence-electron chi connectivity index (χ1n) is 5.04. The molecule has 1 N–H and O–H groups in total. The summed E-state index contributed by atoms with van der Waals surface area (Å²) in [4.78, 5) is 0. The number of benzene rings is 1. The van der Waals surface area contributed by atoms with Crippen LogP contribution in [-0.4, -0.2) is 15.5 Å². The van der Waals surface area contributed by atoms with Gasteiger partial charge in [-0.25, -0.2) is 8.42 Å². The smallest absolute Gasteiger partial charge is 0.271 e. The van der Waals surface area contributed by atoms with Crippen LogP contribution in [0, 0.1) is 0 Å². The Morgan fingerprint density at radius 2 is 1.95 bits per heavy atom. The van der Waals surface area contributed by atoms with E-state index in [1.165, 1.54) is 0 Å². The minimum absolute atomic E-state index is 0.256. The fraction of sp³-hybridized carbons (Fsp3) is 0.0909. The molecule has 102 valence electrons. The number of nitrogens with one attached hydrogen (secondary N) is 1. The van der Waals surface area contributed by atoms with E-state index >= 15 is 0 Å². The van der Waals surface area contributed by atoms with Gasteiger partial charge in [0.05, 0.1) is 21.1 Å². The number of hydrogen-bond donors (Lipinski definition) is 1. The number of halogens is 2. The monoisotopic (exact) mass is 425 g/mol. The van der Waals surface area contributed by atoms with E-state index in [1.807, 2.05) is 0 Å². The van der Waals surface area contributed by atoms with Crippen LogP contribution in [-0.2, 0) is 10.0 Å². The summed E-state index contributed by atoms with van der Waals surface area (Å²) in [6.45, 7) is 0. The Balaban J connectivity index is 2.28. The summed E-state index contributed by atoms with van der Waals surface area (Å²) in [6, 6.07) is 8.23. The molecule has 1 heterocycles. The summed E-state index contributed by atoms with van der Waals surface area (Å²) in [5.41, 5.74) is 0.470. The molecule has 0 amide bonds. The molecule has 2 rings (SSSR count). The van der Waals surface area contributed by atoms with Gasteiger partial charge in [0, 0.05) is 0 Å². The second-order valence-electron chi connectivity index (χ2n) is 3.51. The first-order chi connectivity index (χ1) is 8.92. The molecule has 1 aromatic heterocycles. The summed E-state index contributed by atoms with van der Waals surface area (Å²) in [5.74, 6) is 0.641. The van der Waals surface area contributed by atoms with Crippen molar-refractivity contribution in [2.24, 2.45) is 0 Å². The van der Waals surface area contributed by atoms with E-state index in [9.17, 15) is 8.42 Å². The van der Waals surface area contributed by atoms with Gasteiger partial charge in [-0.05, 0) is 62.2 Å².